The van der Waals surface area contributed by atoms with Crippen LogP contribution in [0.3, 0.4) is 0 Å². The number of hydrogen-bond acceptors (Lipinski definition) is 3. The van der Waals surface area contributed by atoms with Crippen LogP contribution in [0.2, 0.25) is 0 Å². The first-order valence-corrected chi connectivity index (χ1v) is 7.00. The summed E-state index contributed by atoms with van der Waals surface area (Å²) in [5.41, 5.74) is 8.12. The molecule has 5 heteroatoms. The third-order valence-corrected chi connectivity index (χ3v) is 3.45. The van der Waals surface area contributed by atoms with Gasteiger partial charge in [-0.2, -0.15) is 8.42 Å². The fraction of sp³-hybridized carbons (Fsp3) is 0. The molecule has 0 fully saturated rings. The maximum absolute atomic E-state index is 10.9. The molecule has 0 atom stereocenters. The maximum Gasteiger partial charge on any atom is 0.294 e. The second-order valence-electron chi connectivity index (χ2n) is 4.04. The van der Waals surface area contributed by atoms with Crippen LogP contribution in [0.1, 0.15) is 11.1 Å². The summed E-state index contributed by atoms with van der Waals surface area (Å²) in [6.45, 7) is 0. The van der Waals surface area contributed by atoms with Gasteiger partial charge in [0.1, 0.15) is 0 Å². The minimum atomic E-state index is -4.13. The van der Waals surface area contributed by atoms with Gasteiger partial charge in [0, 0.05) is 5.69 Å². The third-order valence-electron chi connectivity index (χ3n) is 2.58. The topological polar surface area (TPSA) is 80.4 Å². The minimum Gasteiger partial charge on any atom is -0.399 e. The smallest absolute Gasteiger partial charge is 0.294 e. The van der Waals surface area contributed by atoms with E-state index in [9.17, 15) is 8.42 Å². The summed E-state index contributed by atoms with van der Waals surface area (Å²) in [6, 6.07) is 13.3. The Kier molecular flexibility index (Phi) is 3.69. The molecule has 19 heavy (non-hydrogen) atoms. The first-order valence-electron chi connectivity index (χ1n) is 5.56. The molecule has 0 saturated carbocycles. The fourth-order valence-electron chi connectivity index (χ4n) is 1.55. The third kappa shape index (κ3) is 3.67. The van der Waals surface area contributed by atoms with E-state index in [-0.39, 0.29) is 4.90 Å². The van der Waals surface area contributed by atoms with Crippen molar-refractivity contribution in [3.63, 3.8) is 0 Å². The second kappa shape index (κ2) is 5.26. The highest BCUT2D eigenvalue weighted by Gasteiger charge is 2.07. The van der Waals surface area contributed by atoms with Gasteiger partial charge >= 0.3 is 0 Å². The van der Waals surface area contributed by atoms with Crippen LogP contribution in [0.25, 0.3) is 12.2 Å². The summed E-state index contributed by atoms with van der Waals surface area (Å²) < 4.78 is 30.6. The number of benzene rings is 2. The summed E-state index contributed by atoms with van der Waals surface area (Å²) in [7, 11) is -4.13. The zero-order chi connectivity index (χ0) is 13.9. The average Bonchev–Trinajstić information content (AvgIpc) is 2.37. The summed E-state index contributed by atoms with van der Waals surface area (Å²) >= 11 is 0. The predicted octanol–water partition coefficient (Wildman–Crippen LogP) is 2.69. The Bertz CT molecular complexity index is 686. The highest BCUT2D eigenvalue weighted by Crippen LogP contribution is 2.13. The monoisotopic (exact) mass is 275 g/mol. The lowest BCUT2D eigenvalue weighted by Gasteiger charge is -1.98. The Morgan fingerprint density at radius 3 is 1.68 bits per heavy atom. The molecular weight excluding hydrogens is 262 g/mol. The Labute approximate surface area is 111 Å². The van der Waals surface area contributed by atoms with Gasteiger partial charge in [-0.1, -0.05) is 36.4 Å². The second-order valence-corrected chi connectivity index (χ2v) is 5.47. The van der Waals surface area contributed by atoms with Crippen molar-refractivity contribution >= 4 is 28.0 Å². The van der Waals surface area contributed by atoms with Gasteiger partial charge in [-0.25, -0.2) is 0 Å². The highest BCUT2D eigenvalue weighted by molar-refractivity contribution is 7.85. The van der Waals surface area contributed by atoms with Crippen LogP contribution in [-0.4, -0.2) is 13.0 Å². The number of hydrogen-bond donors (Lipinski definition) is 2. The van der Waals surface area contributed by atoms with Crippen LogP contribution in [0.4, 0.5) is 5.69 Å². The molecule has 0 bridgehead atoms. The highest BCUT2D eigenvalue weighted by atomic mass is 32.2. The molecule has 98 valence electrons. The van der Waals surface area contributed by atoms with E-state index in [1.54, 1.807) is 24.3 Å². The molecule has 3 N–H and O–H groups in total. The van der Waals surface area contributed by atoms with E-state index in [1.165, 1.54) is 12.1 Å². The van der Waals surface area contributed by atoms with Crippen molar-refractivity contribution in [3.8, 4) is 0 Å². The summed E-state index contributed by atoms with van der Waals surface area (Å²) in [6.07, 6.45) is 3.74. The molecule has 2 rings (SSSR count). The first kappa shape index (κ1) is 13.3. The Balaban J connectivity index is 2.18. The normalized spacial score (nSPS) is 11.8. The summed E-state index contributed by atoms with van der Waals surface area (Å²) in [5.74, 6) is 0. The molecule has 0 heterocycles. The SMILES string of the molecule is Nc1ccc(C=Cc2ccc(S(=O)(=O)O)cc2)cc1. The molecule has 0 radical (unpaired) electrons. The lowest BCUT2D eigenvalue weighted by molar-refractivity contribution is 0.483. The molecule has 0 unspecified atom stereocenters. The zero-order valence-corrected chi connectivity index (χ0v) is 10.8. The molecule has 0 saturated heterocycles. The molecule has 0 aliphatic heterocycles. The standard InChI is InChI=1S/C14H13NO3S/c15-13-7-3-11(4-8-13)1-2-12-5-9-14(10-6-12)19(16,17)18/h1-10H,15H2,(H,16,17,18). The van der Waals surface area contributed by atoms with Crippen molar-refractivity contribution in [1.82, 2.24) is 0 Å². The first-order chi connectivity index (χ1) is 8.95. The molecule has 2 aromatic rings. The van der Waals surface area contributed by atoms with Gasteiger partial charge in [0.25, 0.3) is 10.1 Å². The molecular formula is C14H13NO3S. The van der Waals surface area contributed by atoms with Gasteiger partial charge in [0.2, 0.25) is 0 Å². The molecule has 0 aliphatic carbocycles. The Morgan fingerprint density at radius 1 is 0.842 bits per heavy atom. The lowest BCUT2D eigenvalue weighted by atomic mass is 10.1. The van der Waals surface area contributed by atoms with Crippen LogP contribution in [0, 0.1) is 0 Å². The van der Waals surface area contributed by atoms with E-state index in [0.717, 1.165) is 11.1 Å². The van der Waals surface area contributed by atoms with Crippen molar-refractivity contribution in [2.75, 3.05) is 5.73 Å². The molecule has 0 aliphatic rings. The molecule has 0 aromatic heterocycles. The molecule has 0 spiro atoms. The maximum atomic E-state index is 10.9. The van der Waals surface area contributed by atoms with Gasteiger partial charge in [-0.05, 0) is 35.4 Å². The van der Waals surface area contributed by atoms with Crippen molar-refractivity contribution in [2.45, 2.75) is 4.90 Å². The minimum absolute atomic E-state index is 0.114. The van der Waals surface area contributed by atoms with Crippen molar-refractivity contribution in [1.29, 1.82) is 0 Å². The van der Waals surface area contributed by atoms with Crippen molar-refractivity contribution in [3.05, 3.63) is 59.7 Å². The van der Waals surface area contributed by atoms with Gasteiger partial charge in [-0.15, -0.1) is 0 Å². The molecule has 4 nitrogen and oxygen atoms in total. The number of anilines is 1. The van der Waals surface area contributed by atoms with E-state index in [0.29, 0.717) is 5.69 Å². The quantitative estimate of drug-likeness (QED) is 0.512. The van der Waals surface area contributed by atoms with Gasteiger partial charge in [-0.3, -0.25) is 4.55 Å². The van der Waals surface area contributed by atoms with Crippen molar-refractivity contribution in [2.24, 2.45) is 0 Å². The summed E-state index contributed by atoms with van der Waals surface area (Å²) in [4.78, 5) is -0.114. The zero-order valence-electron chi connectivity index (χ0n) is 10.0. The predicted molar refractivity (Wildman–Crippen MR) is 76.0 cm³/mol. The van der Waals surface area contributed by atoms with E-state index in [1.807, 2.05) is 24.3 Å². The number of rotatable bonds is 3. The Morgan fingerprint density at radius 2 is 1.26 bits per heavy atom. The Hall–Kier alpha value is -2.11. The van der Waals surface area contributed by atoms with Gasteiger partial charge in [0.05, 0.1) is 4.90 Å². The van der Waals surface area contributed by atoms with Crippen LogP contribution in [0.15, 0.2) is 53.4 Å². The molecule has 2 aromatic carbocycles. The van der Waals surface area contributed by atoms with E-state index in [2.05, 4.69) is 0 Å². The van der Waals surface area contributed by atoms with Crippen LogP contribution < -0.4 is 5.73 Å². The van der Waals surface area contributed by atoms with Crippen LogP contribution in [0.5, 0.6) is 0 Å². The average molecular weight is 275 g/mol. The number of nitrogens with two attached hydrogens (primary N) is 1. The van der Waals surface area contributed by atoms with Crippen LogP contribution in [-0.2, 0) is 10.1 Å². The number of nitrogen functional groups attached to an aromatic ring is 1. The van der Waals surface area contributed by atoms with E-state index < -0.39 is 10.1 Å². The fourth-order valence-corrected chi connectivity index (χ4v) is 2.03. The van der Waals surface area contributed by atoms with Gasteiger partial charge in [0.15, 0.2) is 0 Å². The van der Waals surface area contributed by atoms with Crippen LogP contribution >= 0.6 is 0 Å². The summed E-state index contributed by atoms with van der Waals surface area (Å²) in [5, 5.41) is 0. The lowest BCUT2D eigenvalue weighted by Crippen LogP contribution is -1.97. The van der Waals surface area contributed by atoms with E-state index in [4.69, 9.17) is 10.3 Å². The molecule has 0 amide bonds. The van der Waals surface area contributed by atoms with Crippen molar-refractivity contribution < 1.29 is 13.0 Å². The largest absolute Gasteiger partial charge is 0.399 e. The van der Waals surface area contributed by atoms with E-state index >= 15 is 0 Å². The van der Waals surface area contributed by atoms with Gasteiger partial charge < -0.3 is 5.73 Å².